The first kappa shape index (κ1) is 12.6. The van der Waals surface area contributed by atoms with Gasteiger partial charge in [0.15, 0.2) is 0 Å². The summed E-state index contributed by atoms with van der Waals surface area (Å²) >= 11 is 10.8. The monoisotopic (exact) mass is 343 g/mol. The second-order valence-corrected chi connectivity index (χ2v) is 6.95. The van der Waals surface area contributed by atoms with Crippen molar-refractivity contribution >= 4 is 38.9 Å². The summed E-state index contributed by atoms with van der Waals surface area (Å²) in [4.78, 5) is 5.31. The lowest BCUT2D eigenvalue weighted by molar-refractivity contribution is 0.147. The molecule has 0 saturated heterocycles. The zero-order chi connectivity index (χ0) is 12.7. The van der Waals surface area contributed by atoms with Crippen LogP contribution in [0.2, 0.25) is 4.34 Å². The number of aryl methyl sites for hydroxylation is 1. The van der Waals surface area contributed by atoms with Crippen LogP contribution in [0.5, 0.6) is 0 Å². The van der Waals surface area contributed by atoms with E-state index in [-0.39, 0.29) is 5.92 Å². The summed E-state index contributed by atoms with van der Waals surface area (Å²) < 4.78 is 1.53. The molecule has 2 nitrogen and oxygen atoms in total. The average Bonchev–Trinajstić information content (AvgIpc) is 2.93. The number of aliphatic hydroxyl groups is 1. The molecule has 5 heteroatoms. The highest BCUT2D eigenvalue weighted by molar-refractivity contribution is 9.10. The first-order chi connectivity index (χ1) is 8.66. The maximum atomic E-state index is 10.5. The van der Waals surface area contributed by atoms with E-state index >= 15 is 0 Å². The summed E-state index contributed by atoms with van der Waals surface area (Å²) in [6.45, 7) is 0. The Balaban J connectivity index is 1.92. The number of hydrogen-bond donors (Lipinski definition) is 1. The van der Waals surface area contributed by atoms with Gasteiger partial charge >= 0.3 is 0 Å². The van der Waals surface area contributed by atoms with Gasteiger partial charge in [-0.15, -0.1) is 11.3 Å². The molecular weight excluding hydrogens is 334 g/mol. The van der Waals surface area contributed by atoms with E-state index in [9.17, 15) is 5.11 Å². The molecule has 3 rings (SSSR count). The van der Waals surface area contributed by atoms with Crippen LogP contribution in [-0.2, 0) is 6.42 Å². The molecule has 0 radical (unpaired) electrons. The molecule has 0 saturated carbocycles. The largest absolute Gasteiger partial charge is 0.387 e. The quantitative estimate of drug-likeness (QED) is 0.880. The fourth-order valence-electron chi connectivity index (χ4n) is 2.46. The van der Waals surface area contributed by atoms with Crippen LogP contribution in [0.25, 0.3) is 0 Å². The van der Waals surface area contributed by atoms with Gasteiger partial charge in [0.2, 0.25) is 0 Å². The maximum absolute atomic E-state index is 10.5. The number of rotatable bonds is 2. The molecule has 2 aromatic rings. The van der Waals surface area contributed by atoms with Crippen molar-refractivity contribution in [3.63, 3.8) is 0 Å². The van der Waals surface area contributed by atoms with Gasteiger partial charge in [-0.25, -0.2) is 0 Å². The minimum absolute atomic E-state index is 0.0859. The van der Waals surface area contributed by atoms with Crippen LogP contribution in [0, 0.1) is 0 Å². The van der Waals surface area contributed by atoms with Crippen LogP contribution in [0.15, 0.2) is 28.9 Å². The molecule has 0 aromatic carbocycles. The Hall–Kier alpha value is -0.420. The standard InChI is InChI=1S/C13H11BrClNOS/c14-9-6-10(18-13(9)15)12(17)8-4-3-7-2-1-5-16-11(7)8/h1-2,5-6,8,12,17H,3-4H2. The Morgan fingerprint density at radius 3 is 3.11 bits per heavy atom. The molecule has 0 aliphatic heterocycles. The zero-order valence-electron chi connectivity index (χ0n) is 9.44. The normalized spacial score (nSPS) is 19.8. The summed E-state index contributed by atoms with van der Waals surface area (Å²) in [7, 11) is 0. The van der Waals surface area contributed by atoms with Crippen molar-refractivity contribution < 1.29 is 5.11 Å². The Morgan fingerprint density at radius 2 is 2.39 bits per heavy atom. The lowest BCUT2D eigenvalue weighted by Gasteiger charge is -2.16. The topological polar surface area (TPSA) is 33.1 Å². The molecule has 0 spiro atoms. The van der Waals surface area contributed by atoms with E-state index in [4.69, 9.17) is 11.6 Å². The molecule has 1 aliphatic rings. The molecule has 2 heterocycles. The first-order valence-electron chi connectivity index (χ1n) is 5.73. The highest BCUT2D eigenvalue weighted by atomic mass is 79.9. The molecule has 2 atom stereocenters. The van der Waals surface area contributed by atoms with Gasteiger partial charge in [-0.2, -0.15) is 0 Å². The fraction of sp³-hybridized carbons (Fsp3) is 0.308. The molecule has 0 amide bonds. The van der Waals surface area contributed by atoms with Crippen molar-refractivity contribution in [3.05, 3.63) is 49.3 Å². The summed E-state index contributed by atoms with van der Waals surface area (Å²) in [5.74, 6) is 0.0859. The number of halogens is 2. The van der Waals surface area contributed by atoms with Crippen LogP contribution >= 0.6 is 38.9 Å². The first-order valence-corrected chi connectivity index (χ1v) is 7.72. The van der Waals surface area contributed by atoms with Gasteiger partial charge in [0, 0.05) is 27.2 Å². The number of fused-ring (bicyclic) bond motifs is 1. The third-order valence-electron chi connectivity index (χ3n) is 3.34. The van der Waals surface area contributed by atoms with Crippen LogP contribution in [0.3, 0.4) is 0 Å². The Morgan fingerprint density at radius 1 is 1.56 bits per heavy atom. The smallest absolute Gasteiger partial charge is 0.107 e. The van der Waals surface area contributed by atoms with E-state index < -0.39 is 6.10 Å². The number of pyridine rings is 1. The van der Waals surface area contributed by atoms with E-state index in [0.29, 0.717) is 4.34 Å². The molecule has 94 valence electrons. The Labute approximate surface area is 123 Å². The van der Waals surface area contributed by atoms with E-state index in [1.165, 1.54) is 16.9 Å². The van der Waals surface area contributed by atoms with Gasteiger partial charge < -0.3 is 5.11 Å². The number of thiophene rings is 1. The third-order valence-corrected chi connectivity index (χ3v) is 5.88. The number of nitrogens with zero attached hydrogens (tertiary/aromatic N) is 1. The van der Waals surface area contributed by atoms with Gasteiger partial charge in [0.05, 0.1) is 6.10 Å². The second kappa shape index (κ2) is 4.93. The van der Waals surface area contributed by atoms with Crippen LogP contribution in [0.1, 0.15) is 34.6 Å². The van der Waals surface area contributed by atoms with Crippen LogP contribution < -0.4 is 0 Å². The highest BCUT2D eigenvalue weighted by Crippen LogP contribution is 2.44. The minimum Gasteiger partial charge on any atom is -0.387 e. The van der Waals surface area contributed by atoms with Crippen molar-refractivity contribution in [2.75, 3.05) is 0 Å². The molecule has 2 aromatic heterocycles. The fourth-order valence-corrected chi connectivity index (χ4v) is 4.25. The SMILES string of the molecule is OC(c1cc(Br)c(Cl)s1)C1CCc2cccnc21. The summed E-state index contributed by atoms with van der Waals surface area (Å²) in [6, 6.07) is 5.94. The summed E-state index contributed by atoms with van der Waals surface area (Å²) in [6.07, 6.45) is 3.21. The Kier molecular flexibility index (Phi) is 3.45. The van der Waals surface area contributed by atoms with Gasteiger partial charge in [-0.05, 0) is 46.5 Å². The maximum Gasteiger partial charge on any atom is 0.107 e. The molecule has 2 unspecified atom stereocenters. The minimum atomic E-state index is -0.519. The molecule has 1 N–H and O–H groups in total. The van der Waals surface area contributed by atoms with E-state index in [0.717, 1.165) is 27.9 Å². The van der Waals surface area contributed by atoms with E-state index in [2.05, 4.69) is 27.0 Å². The van der Waals surface area contributed by atoms with Crippen molar-refractivity contribution in [1.82, 2.24) is 4.98 Å². The van der Waals surface area contributed by atoms with Gasteiger partial charge in [0.25, 0.3) is 0 Å². The molecule has 0 bridgehead atoms. The second-order valence-electron chi connectivity index (χ2n) is 4.41. The molecule has 0 fully saturated rings. The van der Waals surface area contributed by atoms with Crippen molar-refractivity contribution in [2.45, 2.75) is 24.9 Å². The third kappa shape index (κ3) is 2.11. The van der Waals surface area contributed by atoms with Crippen LogP contribution in [0.4, 0.5) is 0 Å². The Bertz CT molecular complexity index is 567. The van der Waals surface area contributed by atoms with Gasteiger partial charge in [-0.1, -0.05) is 17.7 Å². The van der Waals surface area contributed by atoms with Gasteiger partial charge in [0.1, 0.15) is 4.34 Å². The molecule has 18 heavy (non-hydrogen) atoms. The summed E-state index contributed by atoms with van der Waals surface area (Å²) in [5, 5.41) is 10.5. The summed E-state index contributed by atoms with van der Waals surface area (Å²) in [5.41, 5.74) is 2.29. The van der Waals surface area contributed by atoms with Crippen molar-refractivity contribution in [1.29, 1.82) is 0 Å². The van der Waals surface area contributed by atoms with Gasteiger partial charge in [-0.3, -0.25) is 4.98 Å². The number of aromatic nitrogens is 1. The number of hydrogen-bond acceptors (Lipinski definition) is 3. The van der Waals surface area contributed by atoms with Crippen molar-refractivity contribution in [3.8, 4) is 0 Å². The van der Waals surface area contributed by atoms with Crippen molar-refractivity contribution in [2.24, 2.45) is 0 Å². The highest BCUT2D eigenvalue weighted by Gasteiger charge is 2.31. The lowest BCUT2D eigenvalue weighted by Crippen LogP contribution is -2.07. The lowest BCUT2D eigenvalue weighted by atomic mass is 9.98. The predicted molar refractivity (Wildman–Crippen MR) is 77.3 cm³/mol. The molecular formula is C13H11BrClNOS. The average molecular weight is 345 g/mol. The molecule has 1 aliphatic carbocycles. The van der Waals surface area contributed by atoms with E-state index in [1.807, 2.05) is 12.1 Å². The number of aliphatic hydroxyl groups excluding tert-OH is 1. The predicted octanol–water partition coefficient (Wildman–Crippen LogP) is 4.32. The van der Waals surface area contributed by atoms with Crippen LogP contribution in [-0.4, -0.2) is 10.1 Å². The van der Waals surface area contributed by atoms with E-state index in [1.54, 1.807) is 6.20 Å². The zero-order valence-corrected chi connectivity index (χ0v) is 12.6.